The van der Waals surface area contributed by atoms with Gasteiger partial charge in [0.15, 0.2) is 0 Å². The van der Waals surface area contributed by atoms with Gasteiger partial charge in [0, 0.05) is 56.6 Å². The van der Waals surface area contributed by atoms with Gasteiger partial charge in [0.25, 0.3) is 5.91 Å². The highest BCUT2D eigenvalue weighted by molar-refractivity contribution is 5.94. The molecule has 0 aliphatic carbocycles. The largest absolute Gasteiger partial charge is 0.457 e. The Kier molecular flexibility index (Phi) is 7.36. The van der Waals surface area contributed by atoms with Gasteiger partial charge in [0.1, 0.15) is 11.5 Å². The normalized spacial score (nSPS) is 19.4. The molecule has 0 saturated carbocycles. The summed E-state index contributed by atoms with van der Waals surface area (Å²) in [7, 11) is 2.09. The van der Waals surface area contributed by atoms with Gasteiger partial charge in [0.2, 0.25) is 6.41 Å². The zero-order chi connectivity index (χ0) is 22.3. The summed E-state index contributed by atoms with van der Waals surface area (Å²) in [6.07, 6.45) is 0.877. The molecule has 2 fully saturated rings. The number of rotatable bonds is 7. The molecular weight excluding hydrogens is 408 g/mol. The van der Waals surface area contributed by atoms with Crippen LogP contribution in [0.3, 0.4) is 0 Å². The third kappa shape index (κ3) is 5.45. The lowest BCUT2D eigenvalue weighted by atomic mass is 10.1. The fraction of sp³-hybridized carbons (Fsp3) is 0.417. The van der Waals surface area contributed by atoms with E-state index in [1.165, 1.54) is 0 Å². The summed E-state index contributed by atoms with van der Waals surface area (Å²) in [5.41, 5.74) is 1.47. The molecule has 2 aliphatic heterocycles. The van der Waals surface area contributed by atoms with Crippen molar-refractivity contribution in [1.29, 1.82) is 0 Å². The molecule has 0 aromatic heterocycles. The number of morpholine rings is 1. The van der Waals surface area contributed by atoms with Gasteiger partial charge >= 0.3 is 0 Å². The Bertz CT molecular complexity index is 897. The average Bonchev–Trinajstić information content (AvgIpc) is 2.85. The second-order valence-corrected chi connectivity index (χ2v) is 8.12. The summed E-state index contributed by atoms with van der Waals surface area (Å²) in [5, 5.41) is 3.38. The zero-order valence-electron chi connectivity index (χ0n) is 18.4. The van der Waals surface area contributed by atoms with Crippen LogP contribution in [0.2, 0.25) is 0 Å². The molecule has 1 unspecified atom stereocenters. The number of nitrogens with one attached hydrogen (secondary N) is 1. The fourth-order valence-electron chi connectivity index (χ4n) is 3.96. The molecule has 8 nitrogen and oxygen atoms in total. The van der Waals surface area contributed by atoms with E-state index in [1.54, 1.807) is 34.1 Å². The lowest BCUT2D eigenvalue weighted by Crippen LogP contribution is -2.54. The Balaban J connectivity index is 1.35. The molecule has 32 heavy (non-hydrogen) atoms. The molecule has 4 rings (SSSR count). The maximum absolute atomic E-state index is 12.6. The molecule has 0 bridgehead atoms. The first kappa shape index (κ1) is 22.3. The molecule has 1 N–H and O–H groups in total. The molecule has 2 heterocycles. The quantitative estimate of drug-likeness (QED) is 0.665. The third-order valence-corrected chi connectivity index (χ3v) is 5.98. The number of amides is 2. The van der Waals surface area contributed by atoms with Crippen LogP contribution in [0.25, 0.3) is 0 Å². The molecule has 1 atom stereocenters. The van der Waals surface area contributed by atoms with Crippen LogP contribution in [-0.2, 0) is 9.53 Å². The highest BCUT2D eigenvalue weighted by atomic mass is 16.5. The molecule has 0 spiro atoms. The predicted molar refractivity (Wildman–Crippen MR) is 122 cm³/mol. The van der Waals surface area contributed by atoms with Gasteiger partial charge in [-0.05, 0) is 55.6 Å². The molecule has 2 amide bonds. The number of likely N-dealkylation sites (N-methyl/N-ethyl adjacent to an activating group) is 1. The van der Waals surface area contributed by atoms with E-state index in [0.717, 1.165) is 31.7 Å². The van der Waals surface area contributed by atoms with Gasteiger partial charge in [-0.25, -0.2) is 0 Å². The van der Waals surface area contributed by atoms with Crippen LogP contribution in [-0.4, -0.2) is 87.7 Å². The lowest BCUT2D eigenvalue weighted by molar-refractivity contribution is -0.107. The first-order valence-corrected chi connectivity index (χ1v) is 11.0. The van der Waals surface area contributed by atoms with Gasteiger partial charge in [0.05, 0.1) is 13.2 Å². The number of anilines is 1. The Hall–Kier alpha value is -2.94. The SMILES string of the molecule is CN1CCNCC1CN(C=O)c1ccc(Oc2ccc(C(=O)N3CCOCC3)cc2)cc1. The number of carbonyl (C=O) groups excluding carboxylic acids is 2. The van der Waals surface area contributed by atoms with E-state index in [-0.39, 0.29) is 11.9 Å². The van der Waals surface area contributed by atoms with E-state index < -0.39 is 0 Å². The van der Waals surface area contributed by atoms with Crippen LogP contribution >= 0.6 is 0 Å². The van der Waals surface area contributed by atoms with Crippen LogP contribution < -0.4 is 15.0 Å². The lowest BCUT2D eigenvalue weighted by Gasteiger charge is -2.35. The molecule has 2 aliphatic rings. The van der Waals surface area contributed by atoms with Crippen molar-refractivity contribution in [3.05, 3.63) is 54.1 Å². The number of carbonyl (C=O) groups is 2. The minimum absolute atomic E-state index is 0.0111. The maximum Gasteiger partial charge on any atom is 0.254 e. The number of ether oxygens (including phenoxy) is 2. The first-order chi connectivity index (χ1) is 15.6. The van der Waals surface area contributed by atoms with Crippen molar-refractivity contribution in [3.63, 3.8) is 0 Å². The van der Waals surface area contributed by atoms with Crippen molar-refractivity contribution in [2.45, 2.75) is 6.04 Å². The topological polar surface area (TPSA) is 74.4 Å². The van der Waals surface area contributed by atoms with Gasteiger partial charge in [-0.15, -0.1) is 0 Å². The van der Waals surface area contributed by atoms with Gasteiger partial charge in [-0.3, -0.25) is 14.5 Å². The summed E-state index contributed by atoms with van der Waals surface area (Å²) in [6.45, 7) is 5.85. The Morgan fingerprint density at radius 1 is 1.09 bits per heavy atom. The number of nitrogens with zero attached hydrogens (tertiary/aromatic N) is 3. The fourth-order valence-corrected chi connectivity index (χ4v) is 3.96. The number of hydrogen-bond donors (Lipinski definition) is 1. The number of benzene rings is 2. The van der Waals surface area contributed by atoms with E-state index in [0.29, 0.717) is 49.9 Å². The summed E-state index contributed by atoms with van der Waals surface area (Å²) in [6, 6.07) is 14.9. The number of hydrogen-bond acceptors (Lipinski definition) is 6. The van der Waals surface area contributed by atoms with Crippen molar-refractivity contribution in [2.24, 2.45) is 0 Å². The molecule has 2 saturated heterocycles. The van der Waals surface area contributed by atoms with Crippen molar-refractivity contribution in [1.82, 2.24) is 15.1 Å². The average molecular weight is 439 g/mol. The molecule has 2 aromatic carbocycles. The summed E-state index contributed by atoms with van der Waals surface area (Å²) in [4.78, 5) is 30.0. The van der Waals surface area contributed by atoms with Crippen LogP contribution in [0.1, 0.15) is 10.4 Å². The zero-order valence-corrected chi connectivity index (χ0v) is 18.4. The van der Waals surface area contributed by atoms with E-state index >= 15 is 0 Å². The molecule has 8 heteroatoms. The van der Waals surface area contributed by atoms with E-state index in [9.17, 15) is 9.59 Å². The monoisotopic (exact) mass is 438 g/mol. The van der Waals surface area contributed by atoms with E-state index in [4.69, 9.17) is 9.47 Å². The summed E-state index contributed by atoms with van der Waals surface area (Å²) in [5.74, 6) is 1.33. The van der Waals surface area contributed by atoms with Gasteiger partial charge in [-0.1, -0.05) is 0 Å². The predicted octanol–water partition coefficient (Wildman–Crippen LogP) is 1.82. The third-order valence-electron chi connectivity index (χ3n) is 5.98. The standard InChI is InChI=1S/C24H30N4O4/c1-26-11-10-25-16-21(26)17-28(18-29)20-4-8-23(9-5-20)32-22-6-2-19(3-7-22)24(30)27-12-14-31-15-13-27/h2-9,18,21,25H,10-17H2,1H3. The van der Waals surface area contributed by atoms with Crippen molar-refractivity contribution < 1.29 is 19.1 Å². The van der Waals surface area contributed by atoms with Gasteiger partial charge < -0.3 is 24.6 Å². The van der Waals surface area contributed by atoms with E-state index in [1.807, 2.05) is 24.3 Å². The highest BCUT2D eigenvalue weighted by Gasteiger charge is 2.22. The minimum Gasteiger partial charge on any atom is -0.457 e. The Labute approximate surface area is 188 Å². The molecule has 170 valence electrons. The van der Waals surface area contributed by atoms with E-state index in [2.05, 4.69) is 17.3 Å². The van der Waals surface area contributed by atoms with Crippen LogP contribution in [0.15, 0.2) is 48.5 Å². The van der Waals surface area contributed by atoms with Gasteiger partial charge in [-0.2, -0.15) is 0 Å². The highest BCUT2D eigenvalue weighted by Crippen LogP contribution is 2.25. The Morgan fingerprint density at radius 2 is 1.75 bits per heavy atom. The van der Waals surface area contributed by atoms with Crippen LogP contribution in [0, 0.1) is 0 Å². The second-order valence-electron chi connectivity index (χ2n) is 8.12. The van der Waals surface area contributed by atoms with Crippen molar-refractivity contribution >= 4 is 18.0 Å². The number of piperazine rings is 1. The van der Waals surface area contributed by atoms with Crippen molar-refractivity contribution in [3.8, 4) is 11.5 Å². The molecule has 2 aromatic rings. The second kappa shape index (κ2) is 10.6. The van der Waals surface area contributed by atoms with Crippen molar-refractivity contribution in [2.75, 3.05) is 64.4 Å². The molecule has 0 radical (unpaired) electrons. The van der Waals surface area contributed by atoms with Crippen LogP contribution in [0.5, 0.6) is 11.5 Å². The summed E-state index contributed by atoms with van der Waals surface area (Å²) >= 11 is 0. The minimum atomic E-state index is 0.0111. The summed E-state index contributed by atoms with van der Waals surface area (Å²) < 4.78 is 11.2. The maximum atomic E-state index is 12.6. The molecular formula is C24H30N4O4. The smallest absolute Gasteiger partial charge is 0.254 e. The van der Waals surface area contributed by atoms with Crippen LogP contribution in [0.4, 0.5) is 5.69 Å². The Morgan fingerprint density at radius 3 is 2.38 bits per heavy atom. The first-order valence-electron chi connectivity index (χ1n) is 11.0.